The molecule has 3 aliphatic rings. The van der Waals surface area contributed by atoms with Gasteiger partial charge in [0.05, 0.1) is 24.8 Å². The lowest BCUT2D eigenvalue weighted by molar-refractivity contribution is 0.0992. The van der Waals surface area contributed by atoms with E-state index in [1.165, 1.54) is 32.2 Å². The van der Waals surface area contributed by atoms with Gasteiger partial charge in [0.25, 0.3) is 0 Å². The van der Waals surface area contributed by atoms with Crippen molar-refractivity contribution in [1.29, 1.82) is 0 Å². The van der Waals surface area contributed by atoms with Crippen molar-refractivity contribution in [2.45, 2.75) is 70.2 Å². The molecule has 2 bridgehead atoms. The van der Waals surface area contributed by atoms with Crippen molar-refractivity contribution in [2.24, 2.45) is 4.99 Å². The Morgan fingerprint density at radius 3 is 2.77 bits per heavy atom. The Morgan fingerprint density at radius 2 is 2.14 bits per heavy atom. The third kappa shape index (κ3) is 4.26. The average Bonchev–Trinajstić information content (AvgIpc) is 3.20. The van der Waals surface area contributed by atoms with E-state index < -0.39 is 0 Å². The molecule has 4 atom stereocenters. The fourth-order valence-corrected chi connectivity index (χ4v) is 4.00. The quantitative estimate of drug-likeness (QED) is 0.404. The van der Waals surface area contributed by atoms with Crippen LogP contribution in [-0.4, -0.2) is 61.3 Å². The van der Waals surface area contributed by atoms with Gasteiger partial charge in [0.15, 0.2) is 5.96 Å². The number of likely N-dealkylation sites (tertiary alicyclic amines) is 1. The van der Waals surface area contributed by atoms with Gasteiger partial charge in [-0.15, -0.1) is 24.0 Å². The summed E-state index contributed by atoms with van der Waals surface area (Å²) in [7, 11) is 0. The van der Waals surface area contributed by atoms with E-state index in [0.29, 0.717) is 24.3 Å². The zero-order chi connectivity index (χ0) is 14.7. The summed E-state index contributed by atoms with van der Waals surface area (Å²) < 4.78 is 5.92. The topological polar surface area (TPSA) is 48.9 Å². The number of hydrogen-bond acceptors (Lipinski definition) is 3. The summed E-state index contributed by atoms with van der Waals surface area (Å²) >= 11 is 0. The number of guanidine groups is 1. The van der Waals surface area contributed by atoms with Gasteiger partial charge in [0, 0.05) is 12.6 Å². The summed E-state index contributed by atoms with van der Waals surface area (Å²) in [4.78, 5) is 7.39. The first kappa shape index (κ1) is 18.3. The SMILES string of the molecule is CCNC(=NCC1CCCN1CC)NC1CC2CCC1O2.I. The highest BCUT2D eigenvalue weighted by Crippen LogP contribution is 2.34. The molecule has 0 aliphatic carbocycles. The fourth-order valence-electron chi connectivity index (χ4n) is 4.00. The van der Waals surface area contributed by atoms with E-state index in [0.717, 1.165) is 32.0 Å². The van der Waals surface area contributed by atoms with Crippen LogP contribution in [0.1, 0.15) is 46.0 Å². The summed E-state index contributed by atoms with van der Waals surface area (Å²) in [6.07, 6.45) is 7.07. The Kier molecular flexibility index (Phi) is 7.21. The molecule has 3 saturated heterocycles. The summed E-state index contributed by atoms with van der Waals surface area (Å²) in [5.74, 6) is 0.974. The van der Waals surface area contributed by atoms with Crippen LogP contribution in [0, 0.1) is 0 Å². The molecule has 0 radical (unpaired) electrons. The van der Waals surface area contributed by atoms with Crippen molar-refractivity contribution in [3.05, 3.63) is 0 Å². The van der Waals surface area contributed by atoms with Gasteiger partial charge in [0.1, 0.15) is 0 Å². The number of aliphatic imine (C=N–C) groups is 1. The van der Waals surface area contributed by atoms with Crippen LogP contribution in [0.25, 0.3) is 0 Å². The van der Waals surface area contributed by atoms with Crippen LogP contribution in [0.3, 0.4) is 0 Å². The molecule has 0 aromatic rings. The predicted octanol–water partition coefficient (Wildman–Crippen LogP) is 1.96. The van der Waals surface area contributed by atoms with E-state index in [9.17, 15) is 0 Å². The van der Waals surface area contributed by atoms with Gasteiger partial charge in [-0.05, 0) is 52.1 Å². The van der Waals surface area contributed by atoms with Gasteiger partial charge in [-0.25, -0.2) is 0 Å². The van der Waals surface area contributed by atoms with Gasteiger partial charge < -0.3 is 15.4 Å². The summed E-state index contributed by atoms with van der Waals surface area (Å²) in [6.45, 7) is 8.58. The lowest BCUT2D eigenvalue weighted by atomic mass is 9.96. The van der Waals surface area contributed by atoms with Gasteiger partial charge >= 0.3 is 0 Å². The molecule has 6 heteroatoms. The second kappa shape index (κ2) is 8.68. The van der Waals surface area contributed by atoms with E-state index in [2.05, 4.69) is 29.4 Å². The number of hydrogen-bond donors (Lipinski definition) is 2. The molecule has 0 aromatic heterocycles. The van der Waals surface area contributed by atoms with E-state index in [4.69, 9.17) is 9.73 Å². The van der Waals surface area contributed by atoms with Crippen LogP contribution in [-0.2, 0) is 4.74 Å². The Balaban J connectivity index is 0.00000176. The standard InChI is InChI=1S/C16H30N4O.HI/c1-3-17-16(18-11-12-6-5-9-20(12)4-2)19-14-10-13-7-8-15(14)21-13;/h12-15H,3-11H2,1-2H3,(H2,17,18,19);1H. The zero-order valence-corrected chi connectivity index (χ0v) is 16.2. The molecule has 0 saturated carbocycles. The maximum atomic E-state index is 5.92. The second-order valence-corrected chi connectivity index (χ2v) is 6.50. The van der Waals surface area contributed by atoms with Crippen molar-refractivity contribution >= 4 is 29.9 Å². The Labute approximate surface area is 151 Å². The molecule has 0 aromatic carbocycles. The Hall–Kier alpha value is -0.0800. The molecule has 2 N–H and O–H groups in total. The maximum absolute atomic E-state index is 5.92. The average molecular weight is 422 g/mol. The smallest absolute Gasteiger partial charge is 0.191 e. The van der Waals surface area contributed by atoms with E-state index in [1.54, 1.807) is 0 Å². The maximum Gasteiger partial charge on any atom is 0.191 e. The Bertz CT molecular complexity index is 379. The molecular weight excluding hydrogens is 391 g/mol. The van der Waals surface area contributed by atoms with Crippen LogP contribution in [0.2, 0.25) is 0 Å². The van der Waals surface area contributed by atoms with Gasteiger partial charge in [0.2, 0.25) is 0 Å². The second-order valence-electron chi connectivity index (χ2n) is 6.50. The summed E-state index contributed by atoms with van der Waals surface area (Å²) in [6, 6.07) is 1.08. The number of halogens is 1. The highest BCUT2D eigenvalue weighted by molar-refractivity contribution is 14.0. The van der Waals surface area contributed by atoms with Crippen LogP contribution in [0.5, 0.6) is 0 Å². The third-order valence-electron chi connectivity index (χ3n) is 5.14. The minimum absolute atomic E-state index is 0. The van der Waals surface area contributed by atoms with Crippen molar-refractivity contribution in [3.63, 3.8) is 0 Å². The molecule has 3 fully saturated rings. The number of fused-ring (bicyclic) bond motifs is 2. The fraction of sp³-hybridized carbons (Fsp3) is 0.938. The number of nitrogens with one attached hydrogen (secondary N) is 2. The first-order valence-electron chi connectivity index (χ1n) is 8.74. The van der Waals surface area contributed by atoms with Crippen molar-refractivity contribution in [1.82, 2.24) is 15.5 Å². The third-order valence-corrected chi connectivity index (χ3v) is 5.14. The largest absolute Gasteiger partial charge is 0.373 e. The molecule has 5 nitrogen and oxygen atoms in total. The number of ether oxygens (including phenoxy) is 1. The zero-order valence-electron chi connectivity index (χ0n) is 13.9. The minimum Gasteiger partial charge on any atom is -0.373 e. The minimum atomic E-state index is 0. The molecule has 3 aliphatic heterocycles. The predicted molar refractivity (Wildman–Crippen MR) is 101 cm³/mol. The van der Waals surface area contributed by atoms with Crippen molar-refractivity contribution < 1.29 is 4.74 Å². The lowest BCUT2D eigenvalue weighted by Crippen LogP contribution is -2.48. The van der Waals surface area contributed by atoms with E-state index in [1.807, 2.05) is 0 Å². The molecule has 22 heavy (non-hydrogen) atoms. The van der Waals surface area contributed by atoms with E-state index >= 15 is 0 Å². The van der Waals surface area contributed by atoms with Crippen LogP contribution in [0.4, 0.5) is 0 Å². The monoisotopic (exact) mass is 422 g/mol. The highest BCUT2D eigenvalue weighted by Gasteiger charge is 2.41. The number of rotatable bonds is 5. The van der Waals surface area contributed by atoms with Crippen molar-refractivity contribution in [2.75, 3.05) is 26.2 Å². The van der Waals surface area contributed by atoms with Crippen LogP contribution < -0.4 is 10.6 Å². The summed E-state index contributed by atoms with van der Waals surface area (Å²) in [5.41, 5.74) is 0. The summed E-state index contributed by atoms with van der Waals surface area (Å²) in [5, 5.41) is 6.99. The van der Waals surface area contributed by atoms with Crippen LogP contribution in [0.15, 0.2) is 4.99 Å². The number of likely N-dealkylation sites (N-methyl/N-ethyl adjacent to an activating group) is 1. The molecule has 3 heterocycles. The van der Waals surface area contributed by atoms with Crippen LogP contribution >= 0.6 is 24.0 Å². The highest BCUT2D eigenvalue weighted by atomic mass is 127. The first-order valence-corrected chi connectivity index (χ1v) is 8.74. The van der Waals surface area contributed by atoms with E-state index in [-0.39, 0.29) is 24.0 Å². The number of nitrogens with zero attached hydrogens (tertiary/aromatic N) is 2. The van der Waals surface area contributed by atoms with Gasteiger partial charge in [-0.1, -0.05) is 6.92 Å². The first-order chi connectivity index (χ1) is 10.3. The Morgan fingerprint density at radius 1 is 1.27 bits per heavy atom. The molecule has 0 spiro atoms. The van der Waals surface area contributed by atoms with Gasteiger partial charge in [-0.2, -0.15) is 0 Å². The van der Waals surface area contributed by atoms with Crippen molar-refractivity contribution in [3.8, 4) is 0 Å². The normalized spacial score (nSPS) is 34.7. The molecule has 0 amide bonds. The molecule has 128 valence electrons. The van der Waals surface area contributed by atoms with Gasteiger partial charge in [-0.3, -0.25) is 9.89 Å². The molecule has 4 unspecified atom stereocenters. The molecular formula is C16H31IN4O. The molecule has 3 rings (SSSR count). The lowest BCUT2D eigenvalue weighted by Gasteiger charge is -2.24.